The van der Waals surface area contributed by atoms with Crippen molar-refractivity contribution in [3.8, 4) is 28.8 Å². The number of amides is 4. The highest BCUT2D eigenvalue weighted by Crippen LogP contribution is 2.36. The first kappa shape index (κ1) is 41.1. The van der Waals surface area contributed by atoms with Crippen LogP contribution in [0, 0.1) is 17.8 Å². The van der Waals surface area contributed by atoms with Crippen LogP contribution in [0.5, 0.6) is 5.75 Å². The van der Waals surface area contributed by atoms with Gasteiger partial charge in [-0.3, -0.25) is 9.59 Å². The molecule has 3 N–H and O–H groups in total. The predicted molar refractivity (Wildman–Crippen MR) is 217 cm³/mol. The molecule has 16 heteroatoms. The highest BCUT2D eigenvalue weighted by Gasteiger charge is 2.39. The molecular weight excluding hydrogens is 757 g/mol. The lowest BCUT2D eigenvalue weighted by Gasteiger charge is -2.30. The molecule has 2 aromatic heterocycles. The van der Waals surface area contributed by atoms with Crippen molar-refractivity contribution in [2.24, 2.45) is 13.0 Å². The van der Waals surface area contributed by atoms with Gasteiger partial charge in [0.2, 0.25) is 11.8 Å². The lowest BCUT2D eigenvalue weighted by molar-refractivity contribution is -0.136. The lowest BCUT2D eigenvalue weighted by Crippen LogP contribution is -2.51. The minimum atomic E-state index is -0.882. The molecule has 0 saturated carbocycles. The van der Waals surface area contributed by atoms with Crippen molar-refractivity contribution in [1.29, 1.82) is 0 Å². The summed E-state index contributed by atoms with van der Waals surface area (Å²) in [6, 6.07) is 9.64. The number of aryl methyl sites for hydroxylation is 1. The maximum atomic E-state index is 13.7. The average molecular weight is 809 g/mol. The van der Waals surface area contributed by atoms with Gasteiger partial charge in [-0.05, 0) is 80.8 Å². The van der Waals surface area contributed by atoms with Crippen LogP contribution in [-0.4, -0.2) is 113 Å². The van der Waals surface area contributed by atoms with E-state index in [0.717, 1.165) is 64.9 Å². The van der Waals surface area contributed by atoms with Gasteiger partial charge in [0, 0.05) is 43.4 Å². The zero-order valence-electron chi connectivity index (χ0n) is 34.2. The number of benzene rings is 2. The van der Waals surface area contributed by atoms with Gasteiger partial charge in [-0.1, -0.05) is 25.7 Å². The fraction of sp³-hybridized carbons (Fsp3) is 0.488. The maximum Gasteiger partial charge on any atom is 0.407 e. The summed E-state index contributed by atoms with van der Waals surface area (Å²) in [5.41, 5.74) is 4.83. The number of methoxy groups -OCH3 is 2. The topological polar surface area (TPSA) is 182 Å². The second-order valence-corrected chi connectivity index (χ2v) is 15.4. The molecule has 0 unspecified atom stereocenters. The number of fused-ring (bicyclic) bond motifs is 7. The zero-order valence-corrected chi connectivity index (χ0v) is 34.2. The van der Waals surface area contributed by atoms with Crippen LogP contribution in [0.4, 0.5) is 9.59 Å². The van der Waals surface area contributed by atoms with E-state index in [1.54, 1.807) is 11.1 Å². The summed E-state index contributed by atoms with van der Waals surface area (Å²) in [4.78, 5) is 68.3. The van der Waals surface area contributed by atoms with Crippen molar-refractivity contribution in [3.05, 3.63) is 65.4 Å². The van der Waals surface area contributed by atoms with Crippen molar-refractivity contribution in [3.63, 3.8) is 0 Å². The third kappa shape index (κ3) is 9.00. The minimum absolute atomic E-state index is 0.0251. The highest BCUT2D eigenvalue weighted by molar-refractivity contribution is 5.87. The molecule has 7 rings (SSSR count). The van der Waals surface area contributed by atoms with E-state index in [9.17, 15) is 19.2 Å². The van der Waals surface area contributed by atoms with Gasteiger partial charge in [0.15, 0.2) is 0 Å². The number of rotatable bonds is 5. The minimum Gasteiger partial charge on any atom is -0.493 e. The maximum absolute atomic E-state index is 13.7. The number of nitrogens with zero attached hydrogens (tertiary/aromatic N) is 5. The Labute approximate surface area is 343 Å². The molecule has 0 aliphatic carbocycles. The molecule has 2 fully saturated rings. The standard InChI is InChI=1S/C43H52N8O8/c1-26(2)37(48-43(55)57-5)41(53)51-19-9-11-35(51)39-46-30-22-27(15-17-33(30)49(39)3)12-13-28-14-16-29-31-24-44-38(45-31)34-10-8-18-50(34)40(52)32(47-42(54)56-4)25-58-20-6-7-21-59-36(29)23-28/h14-17,22-24,26,32,34-35,37H,6-11,18-21,25H2,1-5H3,(H,44,45)(H,47,54)(H,48,55)/t32-,34-,35-,37-/m0/s1. The third-order valence-electron chi connectivity index (χ3n) is 11.2. The summed E-state index contributed by atoms with van der Waals surface area (Å²) in [5, 5.41) is 5.35. The van der Waals surface area contributed by atoms with Crippen LogP contribution in [0.25, 0.3) is 22.3 Å². The Hall–Kier alpha value is -6.08. The van der Waals surface area contributed by atoms with E-state index in [1.807, 2.05) is 66.8 Å². The zero-order chi connectivity index (χ0) is 41.6. The van der Waals surface area contributed by atoms with E-state index in [4.69, 9.17) is 28.9 Å². The molecule has 312 valence electrons. The molecule has 5 heterocycles. The summed E-state index contributed by atoms with van der Waals surface area (Å²) in [6.45, 7) is 5.76. The van der Waals surface area contributed by atoms with Crippen molar-refractivity contribution >= 4 is 35.0 Å². The van der Waals surface area contributed by atoms with E-state index >= 15 is 0 Å². The number of nitrogens with one attached hydrogen (secondary N) is 3. The Morgan fingerprint density at radius 3 is 2.44 bits per heavy atom. The number of ether oxygens (including phenoxy) is 4. The van der Waals surface area contributed by atoms with E-state index in [-0.39, 0.29) is 36.4 Å². The second kappa shape index (κ2) is 18.2. The number of aromatic nitrogens is 4. The molecule has 59 heavy (non-hydrogen) atoms. The van der Waals surface area contributed by atoms with Gasteiger partial charge in [-0.2, -0.15) is 0 Å². The summed E-state index contributed by atoms with van der Waals surface area (Å²) in [5.74, 6) is 8.19. The van der Waals surface area contributed by atoms with Gasteiger partial charge < -0.3 is 48.9 Å². The molecule has 4 amide bonds. The second-order valence-electron chi connectivity index (χ2n) is 15.4. The van der Waals surface area contributed by atoms with Crippen LogP contribution in [0.1, 0.15) is 87.2 Å². The Morgan fingerprint density at radius 1 is 0.932 bits per heavy atom. The molecule has 4 atom stereocenters. The molecule has 2 bridgehead atoms. The Kier molecular flexibility index (Phi) is 12.7. The van der Waals surface area contributed by atoms with Gasteiger partial charge in [-0.15, -0.1) is 0 Å². The first-order valence-electron chi connectivity index (χ1n) is 20.2. The summed E-state index contributed by atoms with van der Waals surface area (Å²) in [6.07, 6.45) is 4.94. The van der Waals surface area contributed by atoms with Gasteiger partial charge >= 0.3 is 12.2 Å². The monoisotopic (exact) mass is 808 g/mol. The van der Waals surface area contributed by atoms with Crippen LogP contribution in [0.15, 0.2) is 42.6 Å². The smallest absolute Gasteiger partial charge is 0.407 e. The number of carbonyl (C=O) groups excluding carboxylic acids is 4. The van der Waals surface area contributed by atoms with E-state index in [2.05, 4.69) is 27.5 Å². The van der Waals surface area contributed by atoms with Crippen LogP contribution >= 0.6 is 0 Å². The van der Waals surface area contributed by atoms with Crippen molar-refractivity contribution < 1.29 is 38.1 Å². The number of hydrogen-bond donors (Lipinski definition) is 3. The molecule has 3 aliphatic rings. The molecule has 2 saturated heterocycles. The quantitative estimate of drug-likeness (QED) is 0.233. The van der Waals surface area contributed by atoms with Crippen LogP contribution in [0.3, 0.4) is 0 Å². The van der Waals surface area contributed by atoms with Crippen molar-refractivity contribution in [2.45, 2.75) is 76.5 Å². The van der Waals surface area contributed by atoms with Crippen LogP contribution < -0.4 is 15.4 Å². The number of H-pyrrole nitrogens is 1. The fourth-order valence-electron chi connectivity index (χ4n) is 8.08. The number of hydrogen-bond acceptors (Lipinski definition) is 10. The average Bonchev–Trinajstić information content (AvgIpc) is 4.07. The summed E-state index contributed by atoms with van der Waals surface area (Å²) in [7, 11) is 4.51. The molecule has 4 aromatic rings. The Bertz CT molecular complexity index is 2260. The van der Waals surface area contributed by atoms with E-state index in [0.29, 0.717) is 50.7 Å². The van der Waals surface area contributed by atoms with Crippen molar-refractivity contribution in [1.82, 2.24) is 40.0 Å². The van der Waals surface area contributed by atoms with Crippen LogP contribution in [-0.2, 0) is 30.8 Å². The third-order valence-corrected chi connectivity index (χ3v) is 11.2. The fourth-order valence-corrected chi connectivity index (χ4v) is 8.08. The SMILES string of the molecule is COC(=O)N[C@H]1COCCCCOc2cc(C#Cc3ccc4c(c3)nc([C@@H]3CCCN3C(=O)[C@@H](NC(=O)OC)C(C)C)n4C)ccc2-c2cnc([nH]2)[C@@H]2CCCN2C1=O. The van der Waals surface area contributed by atoms with Gasteiger partial charge in [-0.25, -0.2) is 19.6 Å². The largest absolute Gasteiger partial charge is 0.493 e. The van der Waals surface area contributed by atoms with Crippen molar-refractivity contribution in [2.75, 3.05) is 47.1 Å². The lowest BCUT2D eigenvalue weighted by atomic mass is 10.0. The molecule has 3 aliphatic heterocycles. The van der Waals surface area contributed by atoms with E-state index in [1.165, 1.54) is 14.2 Å². The molecular formula is C43H52N8O8. The highest BCUT2D eigenvalue weighted by atomic mass is 16.5. The predicted octanol–water partition coefficient (Wildman–Crippen LogP) is 4.98. The molecule has 0 spiro atoms. The first-order valence-corrected chi connectivity index (χ1v) is 20.2. The number of alkyl carbamates (subject to hydrolysis) is 2. The first-order chi connectivity index (χ1) is 28.6. The number of likely N-dealkylation sites (tertiary alicyclic amines) is 1. The van der Waals surface area contributed by atoms with Crippen LogP contribution in [0.2, 0.25) is 0 Å². The Morgan fingerprint density at radius 2 is 1.66 bits per heavy atom. The summed E-state index contributed by atoms with van der Waals surface area (Å²) < 4.78 is 23.8. The number of imidazole rings is 2. The summed E-state index contributed by atoms with van der Waals surface area (Å²) >= 11 is 0. The Balaban J connectivity index is 1.12. The van der Waals surface area contributed by atoms with Gasteiger partial charge in [0.1, 0.15) is 29.5 Å². The van der Waals surface area contributed by atoms with Gasteiger partial charge in [0.25, 0.3) is 0 Å². The molecule has 2 aromatic carbocycles. The van der Waals surface area contributed by atoms with Gasteiger partial charge in [0.05, 0.1) is 62.4 Å². The number of aromatic amines is 1. The van der Waals surface area contributed by atoms with E-state index < -0.39 is 24.3 Å². The number of carbonyl (C=O) groups is 4. The molecule has 16 nitrogen and oxygen atoms in total. The normalized spacial score (nSPS) is 20.2. The molecule has 0 radical (unpaired) electrons.